The second-order valence-corrected chi connectivity index (χ2v) is 4.36. The first-order chi connectivity index (χ1) is 10.5. The van der Waals surface area contributed by atoms with Crippen molar-refractivity contribution >= 4 is 0 Å². The van der Waals surface area contributed by atoms with Crippen LogP contribution >= 0.6 is 0 Å². The fraction of sp³-hybridized carbons (Fsp3) is 0.231. The highest BCUT2D eigenvalue weighted by Gasteiger charge is 2.38. The Morgan fingerprint density at radius 3 is 2.14 bits per heavy atom. The minimum absolute atomic E-state index is 0.210. The van der Waals surface area contributed by atoms with Gasteiger partial charge in [0.1, 0.15) is 0 Å². The van der Waals surface area contributed by atoms with Gasteiger partial charge in [-0.05, 0) is 24.3 Å². The third-order valence-corrected chi connectivity index (χ3v) is 2.83. The van der Waals surface area contributed by atoms with E-state index in [1.165, 1.54) is 0 Å². The van der Waals surface area contributed by atoms with E-state index >= 15 is 0 Å². The Balaban J connectivity index is 1.86. The first-order valence-corrected chi connectivity index (χ1v) is 6.31. The van der Waals surface area contributed by atoms with Crippen LogP contribution in [0.1, 0.15) is 18.6 Å². The fourth-order valence-electron chi connectivity index (χ4n) is 1.72. The molecule has 0 N–H and O–H groups in total. The number of halogens is 3. The first kappa shape index (κ1) is 14.2. The Kier molecular flexibility index (Phi) is 3.39. The number of hydrogen-bond acceptors (Lipinski definition) is 6. The Bertz CT molecular complexity index is 777. The van der Waals surface area contributed by atoms with Crippen molar-refractivity contribution in [2.75, 3.05) is 0 Å². The summed E-state index contributed by atoms with van der Waals surface area (Å²) in [4.78, 5) is 4.16. The molecular formula is C13H9F3N4O2. The molecule has 0 saturated carbocycles. The maximum atomic E-state index is 12.4. The fourth-order valence-corrected chi connectivity index (χ4v) is 1.72. The maximum absolute atomic E-state index is 12.4. The largest absolute Gasteiger partial charge is 0.470 e. The Labute approximate surface area is 122 Å². The molecule has 3 aromatic rings. The molecule has 6 nitrogen and oxygen atoms in total. The highest BCUT2D eigenvalue weighted by molar-refractivity contribution is 5.61. The molecule has 0 radical (unpaired) electrons. The average Bonchev–Trinajstić information content (AvgIpc) is 3.16. The maximum Gasteiger partial charge on any atom is 0.470 e. The van der Waals surface area contributed by atoms with Crippen LogP contribution in [-0.2, 0) is 12.6 Å². The van der Waals surface area contributed by atoms with E-state index < -0.39 is 12.1 Å². The Hall–Kier alpha value is -2.71. The molecule has 22 heavy (non-hydrogen) atoms. The summed E-state index contributed by atoms with van der Waals surface area (Å²) in [6.07, 6.45) is -4.02. The van der Waals surface area contributed by atoms with Crippen LogP contribution in [0.15, 0.2) is 33.2 Å². The summed E-state index contributed by atoms with van der Waals surface area (Å²) in [5, 5.41) is 10.1. The van der Waals surface area contributed by atoms with Crippen LogP contribution in [0.5, 0.6) is 0 Å². The van der Waals surface area contributed by atoms with Gasteiger partial charge in [0, 0.05) is 17.5 Å². The summed E-state index contributed by atoms with van der Waals surface area (Å²) in [5.41, 5.74) is 1.01. The van der Waals surface area contributed by atoms with E-state index in [-0.39, 0.29) is 5.89 Å². The van der Waals surface area contributed by atoms with Gasteiger partial charge < -0.3 is 8.94 Å². The molecule has 2 heterocycles. The molecule has 0 aliphatic carbocycles. The van der Waals surface area contributed by atoms with Crippen LogP contribution in [0.2, 0.25) is 0 Å². The van der Waals surface area contributed by atoms with Crippen LogP contribution in [-0.4, -0.2) is 20.3 Å². The van der Waals surface area contributed by atoms with Gasteiger partial charge in [-0.1, -0.05) is 12.1 Å². The number of benzene rings is 1. The first-order valence-electron chi connectivity index (χ1n) is 6.31. The number of aromatic nitrogens is 4. The van der Waals surface area contributed by atoms with Gasteiger partial charge in [-0.2, -0.15) is 18.2 Å². The molecule has 3 rings (SSSR count). The molecule has 0 aliphatic rings. The molecule has 114 valence electrons. The van der Waals surface area contributed by atoms with Crippen LogP contribution in [0.4, 0.5) is 13.2 Å². The van der Waals surface area contributed by atoms with Gasteiger partial charge in [-0.15, -0.1) is 10.2 Å². The molecule has 0 fully saturated rings. The average molecular weight is 310 g/mol. The monoisotopic (exact) mass is 310 g/mol. The molecule has 0 aliphatic heterocycles. The summed E-state index contributed by atoms with van der Waals surface area (Å²) in [7, 11) is 0. The Morgan fingerprint density at radius 2 is 1.64 bits per heavy atom. The highest BCUT2D eigenvalue weighted by atomic mass is 19.4. The predicted octanol–water partition coefficient (Wildman–Crippen LogP) is 3.37. The zero-order valence-corrected chi connectivity index (χ0v) is 11.3. The zero-order valence-electron chi connectivity index (χ0n) is 11.3. The van der Waals surface area contributed by atoms with Crippen LogP contribution in [0, 0.1) is 0 Å². The topological polar surface area (TPSA) is 77.8 Å². The third-order valence-electron chi connectivity index (χ3n) is 2.83. The predicted molar refractivity (Wildman–Crippen MR) is 67.4 cm³/mol. The van der Waals surface area contributed by atoms with Gasteiger partial charge in [0.05, 0.1) is 0 Å². The van der Waals surface area contributed by atoms with Crippen molar-refractivity contribution in [3.05, 3.63) is 36.0 Å². The van der Waals surface area contributed by atoms with Gasteiger partial charge >= 0.3 is 12.1 Å². The van der Waals surface area contributed by atoms with Crippen LogP contribution in [0.3, 0.4) is 0 Å². The molecule has 0 amide bonds. The van der Waals surface area contributed by atoms with Gasteiger partial charge in [0.2, 0.25) is 5.89 Å². The van der Waals surface area contributed by atoms with Crippen molar-refractivity contribution in [3.8, 4) is 22.9 Å². The Morgan fingerprint density at radius 1 is 1.00 bits per heavy atom. The van der Waals surface area contributed by atoms with Crippen molar-refractivity contribution in [1.29, 1.82) is 0 Å². The zero-order chi connectivity index (χ0) is 15.7. The van der Waals surface area contributed by atoms with Crippen molar-refractivity contribution in [3.63, 3.8) is 0 Å². The van der Waals surface area contributed by atoms with Crippen LogP contribution in [0.25, 0.3) is 22.9 Å². The summed E-state index contributed by atoms with van der Waals surface area (Å²) < 4.78 is 46.9. The van der Waals surface area contributed by atoms with Crippen molar-refractivity contribution < 1.29 is 22.1 Å². The van der Waals surface area contributed by atoms with Gasteiger partial charge in [-0.25, -0.2) is 0 Å². The summed E-state index contributed by atoms with van der Waals surface area (Å²) in [6, 6.07) is 6.33. The van der Waals surface area contributed by atoms with E-state index in [1.807, 2.05) is 6.92 Å². The molecule has 0 saturated heterocycles. The van der Waals surface area contributed by atoms with Crippen molar-refractivity contribution in [1.82, 2.24) is 20.3 Å². The standard InChI is InChI=1S/C13H9F3N4O2/c1-2-9-17-10(22-20-9)7-3-5-8(6-4-7)11-18-19-12(21-11)13(14,15)16/h3-6H,2H2,1H3. The molecule has 0 spiro atoms. The van der Waals surface area contributed by atoms with E-state index in [0.717, 1.165) is 0 Å². The summed E-state index contributed by atoms with van der Waals surface area (Å²) >= 11 is 0. The highest BCUT2D eigenvalue weighted by Crippen LogP contribution is 2.30. The lowest BCUT2D eigenvalue weighted by molar-refractivity contribution is -0.156. The minimum atomic E-state index is -4.66. The van der Waals surface area contributed by atoms with Gasteiger partial charge in [0.15, 0.2) is 5.82 Å². The molecule has 9 heteroatoms. The smallest absolute Gasteiger partial charge is 0.413 e. The van der Waals surface area contributed by atoms with Crippen molar-refractivity contribution in [2.24, 2.45) is 0 Å². The third kappa shape index (κ3) is 2.69. The SMILES string of the molecule is CCc1noc(-c2ccc(-c3nnc(C(F)(F)F)o3)cc2)n1. The lowest BCUT2D eigenvalue weighted by atomic mass is 10.1. The molecule has 0 bridgehead atoms. The lowest BCUT2D eigenvalue weighted by Crippen LogP contribution is -2.04. The minimum Gasteiger partial charge on any atom is -0.413 e. The number of alkyl halides is 3. The summed E-state index contributed by atoms with van der Waals surface area (Å²) in [6.45, 7) is 1.89. The molecular weight excluding hydrogens is 301 g/mol. The van der Waals surface area contributed by atoms with E-state index in [4.69, 9.17) is 4.52 Å². The number of rotatable bonds is 3. The second-order valence-electron chi connectivity index (χ2n) is 4.36. The van der Waals surface area contributed by atoms with Gasteiger partial charge in [0.25, 0.3) is 5.89 Å². The molecule has 0 unspecified atom stereocenters. The second kappa shape index (κ2) is 5.24. The number of hydrogen-bond donors (Lipinski definition) is 0. The number of nitrogens with zero attached hydrogens (tertiary/aromatic N) is 4. The van der Waals surface area contributed by atoms with E-state index in [1.54, 1.807) is 24.3 Å². The van der Waals surface area contributed by atoms with Gasteiger partial charge in [-0.3, -0.25) is 0 Å². The van der Waals surface area contributed by atoms with E-state index in [2.05, 4.69) is 24.8 Å². The van der Waals surface area contributed by atoms with Crippen LogP contribution < -0.4 is 0 Å². The summed E-state index contributed by atoms with van der Waals surface area (Å²) in [5.74, 6) is -0.676. The molecule has 1 aromatic carbocycles. The quantitative estimate of drug-likeness (QED) is 0.738. The molecule has 0 atom stereocenters. The molecule has 2 aromatic heterocycles. The lowest BCUT2D eigenvalue weighted by Gasteiger charge is -1.98. The van der Waals surface area contributed by atoms with E-state index in [9.17, 15) is 13.2 Å². The van der Waals surface area contributed by atoms with E-state index in [0.29, 0.717) is 29.3 Å². The van der Waals surface area contributed by atoms with Crippen molar-refractivity contribution in [2.45, 2.75) is 19.5 Å². The normalized spacial score (nSPS) is 11.8. The number of aryl methyl sites for hydroxylation is 1.